The van der Waals surface area contributed by atoms with Crippen molar-refractivity contribution < 1.29 is 4.74 Å². The number of fused-ring (bicyclic) bond motifs is 1. The van der Waals surface area contributed by atoms with E-state index in [1.54, 1.807) is 6.20 Å². The van der Waals surface area contributed by atoms with Crippen LogP contribution in [0, 0.1) is 0 Å². The van der Waals surface area contributed by atoms with Crippen molar-refractivity contribution in [3.63, 3.8) is 0 Å². The highest BCUT2D eigenvalue weighted by molar-refractivity contribution is 5.84. The normalized spacial score (nSPS) is 16.9. The van der Waals surface area contributed by atoms with Gasteiger partial charge in [0.05, 0.1) is 11.2 Å². The minimum atomic E-state index is 0.259. The number of hydrogen-bond acceptors (Lipinski definition) is 4. The van der Waals surface area contributed by atoms with Crippen LogP contribution in [-0.2, 0) is 0 Å². The Kier molecular flexibility index (Phi) is 3.02. The van der Waals surface area contributed by atoms with Crippen LogP contribution in [0.1, 0.15) is 12.8 Å². The second-order valence-corrected chi connectivity index (χ2v) is 4.65. The van der Waals surface area contributed by atoms with Crippen molar-refractivity contribution in [3.8, 4) is 5.75 Å². The number of nitrogen functional groups attached to an aromatic ring is 1. The Balaban J connectivity index is 1.88. The van der Waals surface area contributed by atoms with Gasteiger partial charge < -0.3 is 15.8 Å². The van der Waals surface area contributed by atoms with Gasteiger partial charge in [-0.25, -0.2) is 0 Å². The maximum absolute atomic E-state index is 6.04. The van der Waals surface area contributed by atoms with Gasteiger partial charge >= 0.3 is 0 Å². The fourth-order valence-electron chi connectivity index (χ4n) is 2.31. The van der Waals surface area contributed by atoms with Crippen LogP contribution in [0.5, 0.6) is 5.75 Å². The summed E-state index contributed by atoms with van der Waals surface area (Å²) in [6.45, 7) is 2.02. The van der Waals surface area contributed by atoms with E-state index in [1.807, 2.05) is 24.3 Å². The van der Waals surface area contributed by atoms with Gasteiger partial charge in [-0.2, -0.15) is 0 Å². The number of nitrogens with zero attached hydrogens (tertiary/aromatic N) is 1. The molecule has 1 saturated heterocycles. The molecular weight excluding hydrogens is 226 g/mol. The molecule has 1 aliphatic rings. The van der Waals surface area contributed by atoms with Gasteiger partial charge in [-0.15, -0.1) is 0 Å². The Labute approximate surface area is 106 Å². The van der Waals surface area contributed by atoms with Crippen LogP contribution in [-0.4, -0.2) is 24.2 Å². The number of piperidine rings is 1. The maximum atomic E-state index is 6.04. The fourth-order valence-corrected chi connectivity index (χ4v) is 2.31. The fraction of sp³-hybridized carbons (Fsp3) is 0.357. The van der Waals surface area contributed by atoms with E-state index in [-0.39, 0.29) is 6.10 Å². The van der Waals surface area contributed by atoms with Gasteiger partial charge in [-0.05, 0) is 38.1 Å². The first-order chi connectivity index (χ1) is 8.83. The largest absolute Gasteiger partial charge is 0.488 e. The van der Waals surface area contributed by atoms with E-state index in [1.165, 1.54) is 0 Å². The molecule has 0 saturated carbocycles. The van der Waals surface area contributed by atoms with E-state index in [0.717, 1.165) is 42.6 Å². The smallest absolute Gasteiger partial charge is 0.144 e. The number of hydrogen-bond donors (Lipinski definition) is 2. The molecule has 1 fully saturated rings. The van der Waals surface area contributed by atoms with Crippen molar-refractivity contribution >= 4 is 16.6 Å². The summed E-state index contributed by atoms with van der Waals surface area (Å²) in [5, 5.41) is 4.37. The van der Waals surface area contributed by atoms with E-state index in [0.29, 0.717) is 5.69 Å². The number of anilines is 1. The summed E-state index contributed by atoms with van der Waals surface area (Å²) in [6.07, 6.45) is 4.10. The summed E-state index contributed by atoms with van der Waals surface area (Å²) in [6, 6.07) is 7.79. The average Bonchev–Trinajstić information content (AvgIpc) is 2.41. The minimum Gasteiger partial charge on any atom is -0.488 e. The number of pyridine rings is 1. The number of rotatable bonds is 2. The third-order valence-corrected chi connectivity index (χ3v) is 3.31. The molecule has 0 radical (unpaired) electrons. The predicted octanol–water partition coefficient (Wildman–Crippen LogP) is 1.95. The van der Waals surface area contributed by atoms with Gasteiger partial charge in [0.1, 0.15) is 11.9 Å². The summed E-state index contributed by atoms with van der Waals surface area (Å²) in [7, 11) is 0. The van der Waals surface area contributed by atoms with Crippen LogP contribution < -0.4 is 15.8 Å². The van der Waals surface area contributed by atoms with Gasteiger partial charge in [0.2, 0.25) is 0 Å². The van der Waals surface area contributed by atoms with Crippen LogP contribution in [0.2, 0.25) is 0 Å². The van der Waals surface area contributed by atoms with E-state index in [9.17, 15) is 0 Å². The van der Waals surface area contributed by atoms with Crippen molar-refractivity contribution in [2.75, 3.05) is 18.8 Å². The first-order valence-corrected chi connectivity index (χ1v) is 6.34. The number of nitrogens with one attached hydrogen (secondary N) is 1. The van der Waals surface area contributed by atoms with Crippen molar-refractivity contribution in [2.45, 2.75) is 18.9 Å². The van der Waals surface area contributed by atoms with Crippen LogP contribution in [0.4, 0.5) is 5.69 Å². The third kappa shape index (κ3) is 2.24. The molecule has 0 unspecified atom stereocenters. The van der Waals surface area contributed by atoms with E-state index in [4.69, 9.17) is 10.5 Å². The zero-order chi connectivity index (χ0) is 12.4. The quantitative estimate of drug-likeness (QED) is 0.791. The maximum Gasteiger partial charge on any atom is 0.144 e. The molecule has 1 aromatic carbocycles. The predicted molar refractivity (Wildman–Crippen MR) is 72.7 cm³/mol. The first-order valence-electron chi connectivity index (χ1n) is 6.34. The lowest BCUT2D eigenvalue weighted by Crippen LogP contribution is -2.34. The summed E-state index contributed by atoms with van der Waals surface area (Å²) in [5.41, 5.74) is 7.65. The zero-order valence-electron chi connectivity index (χ0n) is 10.2. The number of ether oxygens (including phenoxy) is 1. The monoisotopic (exact) mass is 243 g/mol. The summed E-state index contributed by atoms with van der Waals surface area (Å²) in [4.78, 5) is 4.33. The molecule has 0 aliphatic carbocycles. The highest BCUT2D eigenvalue weighted by Crippen LogP contribution is 2.28. The number of aromatic nitrogens is 1. The van der Waals surface area contributed by atoms with Gasteiger partial charge in [0.25, 0.3) is 0 Å². The molecule has 1 aliphatic heterocycles. The Hall–Kier alpha value is -1.81. The Morgan fingerprint density at radius 2 is 2.11 bits per heavy atom. The summed E-state index contributed by atoms with van der Waals surface area (Å²) >= 11 is 0. The standard InChI is InChI=1S/C14H17N3O/c15-12-8-10-2-1-5-17-13(10)9-14(12)18-11-3-6-16-7-4-11/h1-2,5,8-9,11,16H,3-4,6-7,15H2. The lowest BCUT2D eigenvalue weighted by molar-refractivity contribution is 0.163. The Morgan fingerprint density at radius 1 is 1.28 bits per heavy atom. The molecule has 0 atom stereocenters. The third-order valence-electron chi connectivity index (χ3n) is 3.31. The second kappa shape index (κ2) is 4.82. The van der Waals surface area contributed by atoms with Crippen molar-refractivity contribution in [3.05, 3.63) is 30.5 Å². The van der Waals surface area contributed by atoms with E-state index < -0.39 is 0 Å². The van der Waals surface area contributed by atoms with E-state index >= 15 is 0 Å². The van der Waals surface area contributed by atoms with Crippen LogP contribution in [0.3, 0.4) is 0 Å². The van der Waals surface area contributed by atoms with Crippen molar-refractivity contribution in [1.29, 1.82) is 0 Å². The van der Waals surface area contributed by atoms with E-state index in [2.05, 4.69) is 10.3 Å². The first kappa shape index (κ1) is 11.3. The molecule has 0 amide bonds. The van der Waals surface area contributed by atoms with Crippen molar-refractivity contribution in [2.24, 2.45) is 0 Å². The van der Waals surface area contributed by atoms with Gasteiger partial charge in [-0.1, -0.05) is 6.07 Å². The molecule has 2 aromatic rings. The van der Waals surface area contributed by atoms with Crippen LogP contribution in [0.25, 0.3) is 10.9 Å². The van der Waals surface area contributed by atoms with Crippen LogP contribution in [0.15, 0.2) is 30.5 Å². The molecule has 4 nitrogen and oxygen atoms in total. The molecule has 3 rings (SSSR count). The highest BCUT2D eigenvalue weighted by Gasteiger charge is 2.16. The summed E-state index contributed by atoms with van der Waals surface area (Å²) in [5.74, 6) is 0.758. The lowest BCUT2D eigenvalue weighted by Gasteiger charge is -2.24. The SMILES string of the molecule is Nc1cc2cccnc2cc1OC1CCNCC1. The molecule has 2 heterocycles. The molecule has 18 heavy (non-hydrogen) atoms. The zero-order valence-corrected chi connectivity index (χ0v) is 10.2. The molecule has 94 valence electrons. The Bertz CT molecular complexity index is 550. The second-order valence-electron chi connectivity index (χ2n) is 4.65. The van der Waals surface area contributed by atoms with Crippen molar-refractivity contribution in [1.82, 2.24) is 10.3 Å². The highest BCUT2D eigenvalue weighted by atomic mass is 16.5. The van der Waals surface area contributed by atoms with Crippen LogP contribution >= 0.6 is 0 Å². The molecule has 4 heteroatoms. The van der Waals surface area contributed by atoms with Gasteiger partial charge in [0, 0.05) is 17.6 Å². The van der Waals surface area contributed by atoms with Gasteiger partial charge in [-0.3, -0.25) is 4.98 Å². The average molecular weight is 243 g/mol. The number of benzene rings is 1. The van der Waals surface area contributed by atoms with Gasteiger partial charge in [0.15, 0.2) is 0 Å². The molecule has 0 bridgehead atoms. The summed E-state index contributed by atoms with van der Waals surface area (Å²) < 4.78 is 5.99. The molecule has 1 aromatic heterocycles. The molecule has 0 spiro atoms. The topological polar surface area (TPSA) is 60.2 Å². The molecule has 3 N–H and O–H groups in total. The number of nitrogens with two attached hydrogens (primary N) is 1. The minimum absolute atomic E-state index is 0.259. The lowest BCUT2D eigenvalue weighted by atomic mass is 10.1. The molecular formula is C14H17N3O. The Morgan fingerprint density at radius 3 is 2.94 bits per heavy atom.